The van der Waals surface area contributed by atoms with Crippen LogP contribution < -0.4 is 10.1 Å². The van der Waals surface area contributed by atoms with Crippen molar-refractivity contribution in [2.45, 2.75) is 39.2 Å². The van der Waals surface area contributed by atoms with Gasteiger partial charge in [0.1, 0.15) is 12.0 Å². The molecule has 0 aliphatic carbocycles. The highest BCUT2D eigenvalue weighted by Crippen LogP contribution is 2.20. The summed E-state index contributed by atoms with van der Waals surface area (Å²) in [6, 6.07) is 7.69. The fourth-order valence-electron chi connectivity index (χ4n) is 3.23. The van der Waals surface area contributed by atoms with Crippen molar-refractivity contribution >= 4 is 11.8 Å². The molecule has 1 saturated heterocycles. The van der Waals surface area contributed by atoms with Crippen LogP contribution in [0.2, 0.25) is 0 Å². The second-order valence-corrected chi connectivity index (χ2v) is 6.94. The van der Waals surface area contributed by atoms with E-state index in [0.717, 1.165) is 24.2 Å². The molecule has 3 rings (SSSR count). The smallest absolute Gasteiger partial charge is 0.257 e. The molecule has 0 radical (unpaired) electrons. The van der Waals surface area contributed by atoms with E-state index in [1.54, 1.807) is 11.0 Å². The van der Waals surface area contributed by atoms with E-state index in [-0.39, 0.29) is 17.9 Å². The normalized spacial score (nSPS) is 14.8. The Morgan fingerprint density at radius 3 is 2.70 bits per heavy atom. The standard InChI is InChI=1S/C21H26N2O4/c1-15-4-3-5-19(16(15)2)27-13-9-20(24)22-18-6-10-23(11-7-18)21(25)17-8-12-26-14-17/h3-5,8,12,14,18H,6-7,9-11,13H2,1-2H3,(H,22,24). The maximum atomic E-state index is 12.3. The molecule has 1 aromatic carbocycles. The number of hydrogen-bond acceptors (Lipinski definition) is 4. The number of ether oxygens (including phenoxy) is 1. The third-order valence-corrected chi connectivity index (χ3v) is 5.06. The van der Waals surface area contributed by atoms with Gasteiger partial charge in [0.05, 0.1) is 24.9 Å². The van der Waals surface area contributed by atoms with E-state index in [4.69, 9.17) is 9.15 Å². The number of benzene rings is 1. The Morgan fingerprint density at radius 1 is 1.22 bits per heavy atom. The zero-order chi connectivity index (χ0) is 19.2. The molecule has 1 aliphatic heterocycles. The summed E-state index contributed by atoms with van der Waals surface area (Å²) < 4.78 is 10.7. The van der Waals surface area contributed by atoms with Crippen LogP contribution in [0.15, 0.2) is 41.2 Å². The lowest BCUT2D eigenvalue weighted by Crippen LogP contribution is -2.46. The van der Waals surface area contributed by atoms with E-state index < -0.39 is 0 Å². The number of amides is 2. The van der Waals surface area contributed by atoms with E-state index in [9.17, 15) is 9.59 Å². The monoisotopic (exact) mass is 370 g/mol. The highest BCUT2D eigenvalue weighted by Gasteiger charge is 2.25. The summed E-state index contributed by atoms with van der Waals surface area (Å²) in [6.45, 7) is 5.68. The zero-order valence-corrected chi connectivity index (χ0v) is 15.9. The predicted octanol–water partition coefficient (Wildman–Crippen LogP) is 3.09. The van der Waals surface area contributed by atoms with Gasteiger partial charge in [-0.2, -0.15) is 0 Å². The Morgan fingerprint density at radius 2 is 2.00 bits per heavy atom. The third-order valence-electron chi connectivity index (χ3n) is 5.06. The van der Waals surface area contributed by atoms with Gasteiger partial charge in [-0.25, -0.2) is 0 Å². The predicted molar refractivity (Wildman–Crippen MR) is 102 cm³/mol. The van der Waals surface area contributed by atoms with E-state index in [1.165, 1.54) is 18.1 Å². The van der Waals surface area contributed by atoms with Crippen molar-refractivity contribution in [2.24, 2.45) is 0 Å². The Bertz CT molecular complexity index is 777. The summed E-state index contributed by atoms with van der Waals surface area (Å²) in [5.41, 5.74) is 2.85. The number of carbonyl (C=O) groups is 2. The Balaban J connectivity index is 1.38. The Labute approximate surface area is 159 Å². The summed E-state index contributed by atoms with van der Waals surface area (Å²) in [4.78, 5) is 26.3. The van der Waals surface area contributed by atoms with Crippen molar-refractivity contribution in [1.82, 2.24) is 10.2 Å². The van der Waals surface area contributed by atoms with Gasteiger partial charge in [-0.1, -0.05) is 12.1 Å². The third kappa shape index (κ3) is 4.90. The van der Waals surface area contributed by atoms with Crippen molar-refractivity contribution in [1.29, 1.82) is 0 Å². The molecule has 2 heterocycles. The molecule has 2 amide bonds. The molecule has 2 aromatic rings. The fourth-order valence-corrected chi connectivity index (χ4v) is 3.23. The van der Waals surface area contributed by atoms with Crippen LogP contribution in [0, 0.1) is 13.8 Å². The summed E-state index contributed by atoms with van der Waals surface area (Å²) in [5, 5.41) is 3.05. The second kappa shape index (κ2) is 8.75. The van der Waals surface area contributed by atoms with E-state index in [1.807, 2.05) is 32.0 Å². The molecule has 1 aromatic heterocycles. The molecule has 6 heteroatoms. The number of rotatable bonds is 6. The first-order chi connectivity index (χ1) is 13.0. The first-order valence-corrected chi connectivity index (χ1v) is 9.34. The van der Waals surface area contributed by atoms with Crippen LogP contribution >= 0.6 is 0 Å². The molecule has 0 bridgehead atoms. The van der Waals surface area contributed by atoms with Gasteiger partial charge in [-0.15, -0.1) is 0 Å². The number of nitrogens with zero attached hydrogens (tertiary/aromatic N) is 1. The molecule has 0 unspecified atom stereocenters. The number of nitrogens with one attached hydrogen (secondary N) is 1. The molecule has 144 valence electrons. The number of piperidine rings is 1. The van der Waals surface area contributed by atoms with Gasteiger partial charge >= 0.3 is 0 Å². The molecular weight excluding hydrogens is 344 g/mol. The quantitative estimate of drug-likeness (QED) is 0.848. The first-order valence-electron chi connectivity index (χ1n) is 9.34. The molecular formula is C21H26N2O4. The van der Waals surface area contributed by atoms with Crippen molar-refractivity contribution in [3.63, 3.8) is 0 Å². The SMILES string of the molecule is Cc1cccc(OCCC(=O)NC2CCN(C(=O)c3ccoc3)CC2)c1C. The largest absolute Gasteiger partial charge is 0.493 e. The lowest BCUT2D eigenvalue weighted by Gasteiger charge is -2.32. The van der Waals surface area contributed by atoms with Gasteiger partial charge in [0.2, 0.25) is 5.91 Å². The minimum absolute atomic E-state index is 0.0140. The van der Waals surface area contributed by atoms with E-state index >= 15 is 0 Å². The van der Waals surface area contributed by atoms with Crippen LogP contribution in [-0.4, -0.2) is 42.5 Å². The molecule has 1 aliphatic rings. The Hall–Kier alpha value is -2.76. The van der Waals surface area contributed by atoms with E-state index in [0.29, 0.717) is 31.7 Å². The van der Waals surface area contributed by atoms with Crippen molar-refractivity contribution < 1.29 is 18.7 Å². The summed E-state index contributed by atoms with van der Waals surface area (Å²) in [7, 11) is 0. The average molecular weight is 370 g/mol. The van der Waals surface area contributed by atoms with Gasteiger partial charge in [0, 0.05) is 19.1 Å². The van der Waals surface area contributed by atoms with Gasteiger partial charge in [0.25, 0.3) is 5.91 Å². The molecule has 27 heavy (non-hydrogen) atoms. The molecule has 0 saturated carbocycles. The minimum Gasteiger partial charge on any atom is -0.493 e. The van der Waals surface area contributed by atoms with Crippen LogP contribution in [-0.2, 0) is 4.79 Å². The lowest BCUT2D eigenvalue weighted by atomic mass is 10.0. The first kappa shape index (κ1) is 19.0. The van der Waals surface area contributed by atoms with E-state index in [2.05, 4.69) is 5.32 Å². The zero-order valence-electron chi connectivity index (χ0n) is 15.9. The van der Waals surface area contributed by atoms with Crippen LogP contribution in [0.4, 0.5) is 0 Å². The second-order valence-electron chi connectivity index (χ2n) is 6.94. The highest BCUT2D eigenvalue weighted by molar-refractivity contribution is 5.93. The average Bonchev–Trinajstić information content (AvgIpc) is 3.20. The Kier molecular flexibility index (Phi) is 6.16. The summed E-state index contributed by atoms with van der Waals surface area (Å²) in [6.07, 6.45) is 4.80. The lowest BCUT2D eigenvalue weighted by molar-refractivity contribution is -0.122. The molecule has 1 N–H and O–H groups in total. The van der Waals surface area contributed by atoms with Crippen LogP contribution in [0.3, 0.4) is 0 Å². The van der Waals surface area contributed by atoms with Gasteiger partial charge in [-0.05, 0) is 49.9 Å². The number of carbonyl (C=O) groups excluding carboxylic acids is 2. The number of furan rings is 1. The molecule has 0 spiro atoms. The van der Waals surface area contributed by atoms with Gasteiger partial charge in [-0.3, -0.25) is 9.59 Å². The summed E-state index contributed by atoms with van der Waals surface area (Å²) in [5.74, 6) is 0.796. The molecule has 0 atom stereocenters. The fraction of sp³-hybridized carbons (Fsp3) is 0.429. The number of aryl methyl sites for hydroxylation is 1. The van der Waals surface area contributed by atoms with Gasteiger partial charge in [0.15, 0.2) is 0 Å². The maximum Gasteiger partial charge on any atom is 0.257 e. The molecule has 1 fully saturated rings. The van der Waals surface area contributed by atoms with Gasteiger partial charge < -0.3 is 19.4 Å². The summed E-state index contributed by atoms with van der Waals surface area (Å²) >= 11 is 0. The minimum atomic E-state index is -0.0181. The van der Waals surface area contributed by atoms with Crippen molar-refractivity contribution in [3.05, 3.63) is 53.5 Å². The number of hydrogen-bond donors (Lipinski definition) is 1. The van der Waals surface area contributed by atoms with Crippen molar-refractivity contribution in [3.8, 4) is 5.75 Å². The van der Waals surface area contributed by atoms with Crippen LogP contribution in [0.25, 0.3) is 0 Å². The van der Waals surface area contributed by atoms with Crippen molar-refractivity contribution in [2.75, 3.05) is 19.7 Å². The van der Waals surface area contributed by atoms with Crippen LogP contribution in [0.5, 0.6) is 5.75 Å². The molecule has 6 nitrogen and oxygen atoms in total. The van der Waals surface area contributed by atoms with Crippen LogP contribution in [0.1, 0.15) is 40.7 Å². The maximum absolute atomic E-state index is 12.3. The number of likely N-dealkylation sites (tertiary alicyclic amines) is 1. The topological polar surface area (TPSA) is 71.8 Å². The highest BCUT2D eigenvalue weighted by atomic mass is 16.5.